The lowest BCUT2D eigenvalue weighted by atomic mass is 9.84. The summed E-state index contributed by atoms with van der Waals surface area (Å²) in [5.74, 6) is 1.55. The van der Waals surface area contributed by atoms with Crippen LogP contribution < -0.4 is 10.6 Å². The monoisotopic (exact) mass is 409 g/mol. The summed E-state index contributed by atoms with van der Waals surface area (Å²) in [5.41, 5.74) is 0. The minimum absolute atomic E-state index is 0. The molecule has 2 N–H and O–H groups in total. The highest BCUT2D eigenvalue weighted by Gasteiger charge is 2.30. The van der Waals surface area contributed by atoms with E-state index in [0.717, 1.165) is 58.1 Å². The van der Waals surface area contributed by atoms with Crippen LogP contribution in [0.1, 0.15) is 19.3 Å². The Morgan fingerprint density at radius 3 is 2.38 bits per heavy atom. The highest BCUT2D eigenvalue weighted by molar-refractivity contribution is 14.0. The molecule has 1 aliphatic carbocycles. The zero-order chi connectivity index (χ0) is 14.4. The van der Waals surface area contributed by atoms with Crippen LogP contribution in [0.4, 0.5) is 0 Å². The van der Waals surface area contributed by atoms with E-state index >= 15 is 0 Å². The molecule has 0 aromatic rings. The maximum Gasteiger partial charge on any atom is 0.225 e. The van der Waals surface area contributed by atoms with Crippen LogP contribution in [-0.4, -0.2) is 75.0 Å². The number of hydrogen-bond acceptors (Lipinski definition) is 3. The van der Waals surface area contributed by atoms with Crippen molar-refractivity contribution in [1.29, 1.82) is 0 Å². The van der Waals surface area contributed by atoms with E-state index in [1.165, 1.54) is 6.42 Å². The first-order chi connectivity index (χ1) is 9.74. The highest BCUT2D eigenvalue weighted by atomic mass is 127. The van der Waals surface area contributed by atoms with Gasteiger partial charge in [0.2, 0.25) is 5.91 Å². The molecule has 2 rings (SSSR count). The number of nitrogens with one attached hydrogen (secondary N) is 2. The SMILES string of the molecule is CN=C(NC)NCCN1CCN(C(=O)C2CCC2)CC1.I. The zero-order valence-electron chi connectivity index (χ0n) is 13.1. The van der Waals surface area contributed by atoms with Gasteiger partial charge in [0, 0.05) is 59.3 Å². The van der Waals surface area contributed by atoms with Gasteiger partial charge in [-0.05, 0) is 12.8 Å². The predicted molar refractivity (Wildman–Crippen MR) is 96.2 cm³/mol. The third-order valence-corrected chi connectivity index (χ3v) is 4.32. The van der Waals surface area contributed by atoms with Gasteiger partial charge >= 0.3 is 0 Å². The van der Waals surface area contributed by atoms with Crippen LogP contribution in [0, 0.1) is 5.92 Å². The highest BCUT2D eigenvalue weighted by Crippen LogP contribution is 2.28. The number of guanidine groups is 1. The first-order valence-corrected chi connectivity index (χ1v) is 7.64. The number of halogens is 1. The molecule has 1 heterocycles. The molecule has 0 radical (unpaired) electrons. The molecule has 2 aliphatic rings. The lowest BCUT2D eigenvalue weighted by molar-refractivity contribution is -0.139. The van der Waals surface area contributed by atoms with Crippen molar-refractivity contribution in [2.75, 3.05) is 53.4 Å². The molecule has 1 saturated heterocycles. The van der Waals surface area contributed by atoms with E-state index in [-0.39, 0.29) is 24.0 Å². The molecule has 1 saturated carbocycles. The fraction of sp³-hybridized carbons (Fsp3) is 0.857. The first kappa shape index (κ1) is 18.5. The average Bonchev–Trinajstić information content (AvgIpc) is 2.42. The summed E-state index contributed by atoms with van der Waals surface area (Å²) in [6.07, 6.45) is 3.44. The molecular formula is C14H28IN5O. The van der Waals surface area contributed by atoms with E-state index in [1.807, 2.05) is 7.05 Å². The van der Waals surface area contributed by atoms with Crippen LogP contribution in [0.2, 0.25) is 0 Å². The molecule has 7 heteroatoms. The quantitative estimate of drug-likeness (QED) is 0.400. The van der Waals surface area contributed by atoms with Crippen LogP contribution in [0.5, 0.6) is 0 Å². The van der Waals surface area contributed by atoms with Crippen molar-refractivity contribution in [3.63, 3.8) is 0 Å². The predicted octanol–water partition coefficient (Wildman–Crippen LogP) is 0.344. The number of carbonyl (C=O) groups is 1. The Morgan fingerprint density at radius 2 is 1.90 bits per heavy atom. The molecule has 0 aromatic heterocycles. The third kappa shape index (κ3) is 5.28. The fourth-order valence-corrected chi connectivity index (χ4v) is 2.72. The first-order valence-electron chi connectivity index (χ1n) is 7.64. The lowest BCUT2D eigenvalue weighted by Crippen LogP contribution is -2.52. The molecule has 0 unspecified atom stereocenters. The van der Waals surface area contributed by atoms with Crippen molar-refractivity contribution in [3.05, 3.63) is 0 Å². The Bertz CT molecular complexity index is 351. The van der Waals surface area contributed by atoms with E-state index in [1.54, 1.807) is 7.05 Å². The second-order valence-corrected chi connectivity index (χ2v) is 5.54. The Hall–Kier alpha value is -0.570. The Morgan fingerprint density at radius 1 is 1.24 bits per heavy atom. The molecule has 122 valence electrons. The largest absolute Gasteiger partial charge is 0.359 e. The molecule has 0 spiro atoms. The molecule has 6 nitrogen and oxygen atoms in total. The van der Waals surface area contributed by atoms with Gasteiger partial charge in [-0.2, -0.15) is 0 Å². The van der Waals surface area contributed by atoms with Gasteiger partial charge in [0.05, 0.1) is 0 Å². The number of rotatable bonds is 4. The van der Waals surface area contributed by atoms with Crippen LogP contribution in [0.25, 0.3) is 0 Å². The molecule has 21 heavy (non-hydrogen) atoms. The minimum Gasteiger partial charge on any atom is -0.359 e. The minimum atomic E-state index is 0. The molecule has 1 amide bonds. The summed E-state index contributed by atoms with van der Waals surface area (Å²) in [7, 11) is 3.63. The standard InChI is InChI=1S/C14H27N5O.HI/c1-15-14(16-2)17-6-7-18-8-10-19(11-9-18)13(20)12-4-3-5-12;/h12H,3-11H2,1-2H3,(H2,15,16,17);1H. The summed E-state index contributed by atoms with van der Waals surface area (Å²) in [5, 5.41) is 6.26. The van der Waals surface area contributed by atoms with Crippen molar-refractivity contribution in [2.24, 2.45) is 10.9 Å². The van der Waals surface area contributed by atoms with E-state index < -0.39 is 0 Å². The van der Waals surface area contributed by atoms with Gasteiger partial charge in [-0.3, -0.25) is 14.7 Å². The molecule has 1 aliphatic heterocycles. The summed E-state index contributed by atoms with van der Waals surface area (Å²) in [6, 6.07) is 0. The summed E-state index contributed by atoms with van der Waals surface area (Å²) in [6.45, 7) is 5.61. The van der Waals surface area contributed by atoms with Gasteiger partial charge in [0.25, 0.3) is 0 Å². The van der Waals surface area contributed by atoms with Gasteiger partial charge in [0.15, 0.2) is 5.96 Å². The van der Waals surface area contributed by atoms with E-state index in [9.17, 15) is 4.79 Å². The van der Waals surface area contributed by atoms with Gasteiger partial charge < -0.3 is 15.5 Å². The van der Waals surface area contributed by atoms with Crippen LogP contribution in [-0.2, 0) is 4.79 Å². The Balaban J connectivity index is 0.00000220. The van der Waals surface area contributed by atoms with Gasteiger partial charge in [0.1, 0.15) is 0 Å². The van der Waals surface area contributed by atoms with E-state index in [4.69, 9.17) is 0 Å². The normalized spacial score (nSPS) is 20.5. The number of hydrogen-bond donors (Lipinski definition) is 2. The van der Waals surface area contributed by atoms with Crippen LogP contribution in [0.3, 0.4) is 0 Å². The van der Waals surface area contributed by atoms with Crippen molar-refractivity contribution < 1.29 is 4.79 Å². The maximum atomic E-state index is 12.1. The zero-order valence-corrected chi connectivity index (χ0v) is 15.4. The number of amides is 1. The second-order valence-electron chi connectivity index (χ2n) is 5.54. The smallest absolute Gasteiger partial charge is 0.225 e. The molecule has 0 atom stereocenters. The van der Waals surface area contributed by atoms with Gasteiger partial charge in [-0.1, -0.05) is 6.42 Å². The maximum absolute atomic E-state index is 12.1. The fourth-order valence-electron chi connectivity index (χ4n) is 2.72. The molecular weight excluding hydrogens is 381 g/mol. The number of nitrogens with zero attached hydrogens (tertiary/aromatic N) is 3. The number of carbonyl (C=O) groups excluding carboxylic acids is 1. The van der Waals surface area contributed by atoms with E-state index in [2.05, 4.69) is 25.4 Å². The summed E-state index contributed by atoms with van der Waals surface area (Å²) < 4.78 is 0. The Labute approximate surface area is 144 Å². The van der Waals surface area contributed by atoms with Gasteiger partial charge in [-0.25, -0.2) is 0 Å². The van der Waals surface area contributed by atoms with Crippen LogP contribution >= 0.6 is 24.0 Å². The van der Waals surface area contributed by atoms with Crippen molar-refractivity contribution >= 4 is 35.8 Å². The summed E-state index contributed by atoms with van der Waals surface area (Å²) >= 11 is 0. The lowest BCUT2D eigenvalue weighted by Gasteiger charge is -2.38. The Kier molecular flexibility index (Phi) is 8.31. The number of aliphatic imine (C=N–C) groups is 1. The van der Waals surface area contributed by atoms with Crippen molar-refractivity contribution in [2.45, 2.75) is 19.3 Å². The van der Waals surface area contributed by atoms with Crippen molar-refractivity contribution in [3.8, 4) is 0 Å². The summed E-state index contributed by atoms with van der Waals surface area (Å²) in [4.78, 5) is 20.7. The molecule has 0 bridgehead atoms. The third-order valence-electron chi connectivity index (χ3n) is 4.32. The van der Waals surface area contributed by atoms with Crippen molar-refractivity contribution in [1.82, 2.24) is 20.4 Å². The van der Waals surface area contributed by atoms with Gasteiger partial charge in [-0.15, -0.1) is 24.0 Å². The topological polar surface area (TPSA) is 60.0 Å². The van der Waals surface area contributed by atoms with E-state index in [0.29, 0.717) is 11.8 Å². The average molecular weight is 409 g/mol. The number of piperazine rings is 1. The van der Waals surface area contributed by atoms with Crippen LogP contribution in [0.15, 0.2) is 4.99 Å². The second kappa shape index (κ2) is 9.45. The molecule has 2 fully saturated rings. The molecule has 0 aromatic carbocycles.